The highest BCUT2D eigenvalue weighted by Crippen LogP contribution is 2.28. The number of fused-ring (bicyclic) bond motifs is 1. The van der Waals surface area contributed by atoms with Gasteiger partial charge >= 0.3 is 5.97 Å². The zero-order chi connectivity index (χ0) is 22.9. The van der Waals surface area contributed by atoms with E-state index in [1.165, 1.54) is 6.20 Å². The molecule has 0 radical (unpaired) electrons. The molecule has 2 fully saturated rings. The summed E-state index contributed by atoms with van der Waals surface area (Å²) in [4.78, 5) is 41.5. The summed E-state index contributed by atoms with van der Waals surface area (Å²) in [5, 5.41) is 4.30. The average Bonchev–Trinajstić information content (AvgIpc) is 3.44. The molecule has 33 heavy (non-hydrogen) atoms. The quantitative estimate of drug-likeness (QED) is 0.548. The summed E-state index contributed by atoms with van der Waals surface area (Å²) in [7, 11) is 0. The number of carbonyl (C=O) groups excluding carboxylic acids is 2. The number of nitrogens with one attached hydrogen (secondary N) is 2. The lowest BCUT2D eigenvalue weighted by molar-refractivity contribution is -0.153. The minimum absolute atomic E-state index is 0.0949. The number of likely N-dealkylation sites (tertiary alicyclic amines) is 1. The van der Waals surface area contributed by atoms with Gasteiger partial charge in [-0.15, -0.1) is 0 Å². The Morgan fingerprint density at radius 3 is 3.03 bits per heavy atom. The van der Waals surface area contributed by atoms with E-state index in [0.29, 0.717) is 48.1 Å². The highest BCUT2D eigenvalue weighted by molar-refractivity contribution is 6.31. The van der Waals surface area contributed by atoms with E-state index in [-0.39, 0.29) is 30.0 Å². The molecular formula is C22H22ClFN6O3. The number of pyridine rings is 1. The average molecular weight is 473 g/mol. The Hall–Kier alpha value is -3.27. The second kappa shape index (κ2) is 8.93. The van der Waals surface area contributed by atoms with E-state index in [9.17, 15) is 14.0 Å². The number of H-pyrrole nitrogens is 1. The maximum atomic E-state index is 14.4. The number of hydrogen-bond acceptors (Lipinski definition) is 7. The first-order valence-corrected chi connectivity index (χ1v) is 11.2. The lowest BCUT2D eigenvalue weighted by atomic mass is 9.97. The Balaban J connectivity index is 1.27. The first-order chi connectivity index (χ1) is 16.0. The van der Waals surface area contributed by atoms with Gasteiger partial charge in [0.2, 0.25) is 0 Å². The Labute approximate surface area is 193 Å². The molecular weight excluding hydrogens is 451 g/mol. The number of ether oxygens (including phenoxy) is 1. The number of nitrogens with zero attached hydrogens (tertiary/aromatic N) is 4. The van der Waals surface area contributed by atoms with Crippen LogP contribution in [0.15, 0.2) is 24.7 Å². The zero-order valence-electron chi connectivity index (χ0n) is 17.7. The van der Waals surface area contributed by atoms with Gasteiger partial charge in [-0.05, 0) is 24.8 Å². The number of carbonyl (C=O) groups is 2. The number of amides is 1. The van der Waals surface area contributed by atoms with Crippen LogP contribution < -0.4 is 5.32 Å². The van der Waals surface area contributed by atoms with E-state index in [2.05, 4.69) is 25.3 Å². The normalized spacial score (nSPS) is 20.8. The molecule has 172 valence electrons. The van der Waals surface area contributed by atoms with E-state index >= 15 is 0 Å². The largest absolute Gasteiger partial charge is 0.452 e. The van der Waals surface area contributed by atoms with Crippen LogP contribution in [0.5, 0.6) is 0 Å². The molecule has 2 atom stereocenters. The fourth-order valence-electron chi connectivity index (χ4n) is 4.36. The van der Waals surface area contributed by atoms with Crippen LogP contribution in [0, 0.1) is 11.7 Å². The van der Waals surface area contributed by atoms with Crippen LogP contribution in [0.3, 0.4) is 0 Å². The molecule has 0 unspecified atom stereocenters. The number of halogens is 2. The molecule has 3 aromatic rings. The highest BCUT2D eigenvalue weighted by atomic mass is 35.5. The van der Waals surface area contributed by atoms with E-state index < -0.39 is 11.9 Å². The molecule has 2 aliphatic heterocycles. The van der Waals surface area contributed by atoms with Crippen molar-refractivity contribution in [3.8, 4) is 11.4 Å². The minimum Gasteiger partial charge on any atom is -0.452 e. The monoisotopic (exact) mass is 472 g/mol. The number of piperidine rings is 1. The number of aromatic nitrogens is 4. The summed E-state index contributed by atoms with van der Waals surface area (Å²) in [6, 6.07) is 1.75. The summed E-state index contributed by atoms with van der Waals surface area (Å²) >= 11 is 6.07. The third-order valence-corrected chi connectivity index (χ3v) is 6.24. The first kappa shape index (κ1) is 21.6. The van der Waals surface area contributed by atoms with Gasteiger partial charge in [-0.2, -0.15) is 0 Å². The number of hydrogen-bond donors (Lipinski definition) is 2. The molecule has 0 aromatic carbocycles. The Bertz CT molecular complexity index is 1220. The second-order valence-electron chi connectivity index (χ2n) is 8.33. The van der Waals surface area contributed by atoms with Crippen LogP contribution in [0.2, 0.25) is 5.02 Å². The van der Waals surface area contributed by atoms with Crippen LogP contribution in [-0.2, 0) is 14.3 Å². The predicted molar refractivity (Wildman–Crippen MR) is 119 cm³/mol. The molecule has 0 bridgehead atoms. The standard InChI is InChI=1S/C22H22ClFN6O3/c23-13-6-14-15(9-27-19(14)26-8-13)20-28-10-16(24)21(29-20)25-7-12-2-1-5-30(11-12)22(32)17-3-4-18(31)33-17/h6,8-10,12,17H,1-5,7,11H2,(H,26,27)(H,25,28,29)/t12-,17+/m0/s1. The topological polar surface area (TPSA) is 113 Å². The fraction of sp³-hybridized carbons (Fsp3) is 0.409. The lowest BCUT2D eigenvalue weighted by Crippen LogP contribution is -2.46. The van der Waals surface area contributed by atoms with Gasteiger partial charge in [0, 0.05) is 55.8 Å². The first-order valence-electron chi connectivity index (χ1n) is 10.9. The smallest absolute Gasteiger partial charge is 0.306 e. The maximum absolute atomic E-state index is 14.4. The number of cyclic esters (lactones) is 1. The number of anilines is 1. The van der Waals surface area contributed by atoms with Gasteiger partial charge in [0.1, 0.15) is 5.65 Å². The molecule has 2 N–H and O–H groups in total. The number of aromatic amines is 1. The van der Waals surface area contributed by atoms with Crippen molar-refractivity contribution in [1.29, 1.82) is 0 Å². The fourth-order valence-corrected chi connectivity index (χ4v) is 4.52. The van der Waals surface area contributed by atoms with E-state index in [1.54, 1.807) is 17.2 Å². The van der Waals surface area contributed by atoms with Gasteiger partial charge in [0.25, 0.3) is 5.91 Å². The molecule has 0 aliphatic carbocycles. The summed E-state index contributed by atoms with van der Waals surface area (Å²) < 4.78 is 19.6. The zero-order valence-corrected chi connectivity index (χ0v) is 18.4. The van der Waals surface area contributed by atoms with Gasteiger partial charge in [0.05, 0.1) is 11.2 Å². The van der Waals surface area contributed by atoms with Gasteiger partial charge in [0.15, 0.2) is 23.6 Å². The molecule has 3 aromatic heterocycles. The van der Waals surface area contributed by atoms with E-state index in [0.717, 1.165) is 24.4 Å². The molecule has 2 saturated heterocycles. The SMILES string of the molecule is O=C1CC[C@H](C(=O)N2CCC[C@@H](CNc3nc(-c4c[nH]c5ncc(Cl)cc45)ncc3F)C2)O1. The molecule has 0 spiro atoms. The van der Waals surface area contributed by atoms with Gasteiger partial charge < -0.3 is 19.9 Å². The Morgan fingerprint density at radius 1 is 1.33 bits per heavy atom. The van der Waals surface area contributed by atoms with Crippen LogP contribution in [-0.4, -0.2) is 62.5 Å². The van der Waals surface area contributed by atoms with Crippen molar-refractivity contribution >= 4 is 40.3 Å². The second-order valence-corrected chi connectivity index (χ2v) is 8.77. The number of esters is 1. The van der Waals surface area contributed by atoms with Gasteiger partial charge in [-0.25, -0.2) is 19.3 Å². The van der Waals surface area contributed by atoms with E-state index in [1.807, 2.05) is 0 Å². The Morgan fingerprint density at radius 2 is 2.21 bits per heavy atom. The van der Waals surface area contributed by atoms with Crippen molar-refractivity contribution in [3.05, 3.63) is 35.5 Å². The molecule has 0 saturated carbocycles. The van der Waals surface area contributed by atoms with Crippen LogP contribution in [0.4, 0.5) is 10.2 Å². The van der Waals surface area contributed by atoms with Gasteiger partial charge in [-0.1, -0.05) is 11.6 Å². The summed E-state index contributed by atoms with van der Waals surface area (Å²) in [6.07, 6.45) is 6.15. The molecule has 11 heteroatoms. The lowest BCUT2D eigenvalue weighted by Gasteiger charge is -2.34. The third-order valence-electron chi connectivity index (χ3n) is 6.03. The maximum Gasteiger partial charge on any atom is 0.306 e. The molecule has 5 rings (SSSR count). The van der Waals surface area contributed by atoms with Crippen molar-refractivity contribution in [3.63, 3.8) is 0 Å². The molecule has 1 amide bonds. The highest BCUT2D eigenvalue weighted by Gasteiger charge is 2.35. The summed E-state index contributed by atoms with van der Waals surface area (Å²) in [5.41, 5.74) is 1.31. The minimum atomic E-state index is -0.676. The van der Waals surface area contributed by atoms with Crippen LogP contribution in [0.1, 0.15) is 25.7 Å². The van der Waals surface area contributed by atoms with Crippen molar-refractivity contribution in [1.82, 2.24) is 24.8 Å². The predicted octanol–water partition coefficient (Wildman–Crippen LogP) is 3.17. The third kappa shape index (κ3) is 4.47. The molecule has 2 aliphatic rings. The molecule has 5 heterocycles. The van der Waals surface area contributed by atoms with Crippen molar-refractivity contribution in [2.75, 3.05) is 25.0 Å². The van der Waals surface area contributed by atoms with Gasteiger partial charge in [-0.3, -0.25) is 9.59 Å². The van der Waals surface area contributed by atoms with Crippen molar-refractivity contribution < 1.29 is 18.7 Å². The van der Waals surface area contributed by atoms with Crippen molar-refractivity contribution in [2.24, 2.45) is 5.92 Å². The molecule has 9 nitrogen and oxygen atoms in total. The number of rotatable bonds is 5. The van der Waals surface area contributed by atoms with Crippen LogP contribution in [0.25, 0.3) is 22.4 Å². The van der Waals surface area contributed by atoms with Crippen LogP contribution >= 0.6 is 11.6 Å². The van der Waals surface area contributed by atoms with Crippen molar-refractivity contribution in [2.45, 2.75) is 31.8 Å². The van der Waals surface area contributed by atoms with E-state index in [4.69, 9.17) is 16.3 Å². The summed E-state index contributed by atoms with van der Waals surface area (Å²) in [6.45, 7) is 1.60. The Kier molecular flexibility index (Phi) is 5.84. The summed E-state index contributed by atoms with van der Waals surface area (Å²) in [5.74, 6) is -0.472.